The summed E-state index contributed by atoms with van der Waals surface area (Å²) in [5.74, 6) is 0.199. The highest BCUT2D eigenvalue weighted by atomic mass is 28.4. The highest BCUT2D eigenvalue weighted by Crippen LogP contribution is 2.60. The quantitative estimate of drug-likeness (QED) is 0.303. The number of piperidine rings is 1. The molecule has 0 saturated carbocycles. The predicted molar refractivity (Wildman–Crippen MR) is 188 cm³/mol. The van der Waals surface area contributed by atoms with Crippen molar-refractivity contribution >= 4 is 37.2 Å². The Balaban J connectivity index is 1.23. The van der Waals surface area contributed by atoms with Gasteiger partial charge in [0.25, 0.3) is 11.8 Å². The first-order chi connectivity index (χ1) is 23.0. The molecule has 4 aliphatic heterocycles. The van der Waals surface area contributed by atoms with Crippen LogP contribution in [-0.4, -0.2) is 75.2 Å². The van der Waals surface area contributed by atoms with Gasteiger partial charge in [-0.15, -0.1) is 0 Å². The molecule has 3 aromatic rings. The first-order valence-corrected chi connectivity index (χ1v) is 20.0. The van der Waals surface area contributed by atoms with Crippen LogP contribution in [0.25, 0.3) is 0 Å². The van der Waals surface area contributed by atoms with Crippen LogP contribution >= 0.6 is 0 Å². The lowest BCUT2D eigenvalue weighted by Crippen LogP contribution is -2.55. The van der Waals surface area contributed by atoms with E-state index in [0.29, 0.717) is 18.8 Å². The number of aliphatic hydroxyl groups is 1. The zero-order valence-corrected chi connectivity index (χ0v) is 29.2. The molecule has 10 nitrogen and oxygen atoms in total. The largest absolute Gasteiger partial charge is 0.497 e. The third kappa shape index (κ3) is 5.06. The van der Waals surface area contributed by atoms with Gasteiger partial charge >= 0.3 is 0 Å². The Labute approximate surface area is 283 Å². The second-order valence-corrected chi connectivity index (χ2v) is 18.2. The number of nitrogens with zero attached hydrogens (tertiary/aromatic N) is 3. The van der Waals surface area contributed by atoms with Gasteiger partial charge in [0, 0.05) is 35.0 Å². The lowest BCUT2D eigenvalue weighted by Gasteiger charge is -2.39. The van der Waals surface area contributed by atoms with Gasteiger partial charge in [-0.1, -0.05) is 37.3 Å². The number of carbonyl (C=O) groups is 2. The number of ether oxygens (including phenoxy) is 2. The van der Waals surface area contributed by atoms with E-state index in [2.05, 4.69) is 22.3 Å². The third-order valence-corrected chi connectivity index (χ3v) is 13.6. The van der Waals surface area contributed by atoms with Crippen molar-refractivity contribution in [2.45, 2.75) is 68.6 Å². The van der Waals surface area contributed by atoms with E-state index >= 15 is 0 Å². The molecule has 3 aromatic carbocycles. The Morgan fingerprint density at radius 3 is 2.40 bits per heavy atom. The minimum Gasteiger partial charge on any atom is -0.497 e. The molecule has 2 amide bonds. The maximum atomic E-state index is 14.8. The molecular formula is C37H46N4O6Si. The highest BCUT2D eigenvalue weighted by molar-refractivity contribution is 6.71. The minimum absolute atomic E-state index is 0.0984. The molecule has 0 bridgehead atoms. The number of amides is 2. The summed E-state index contributed by atoms with van der Waals surface area (Å²) >= 11 is 0. The second-order valence-electron chi connectivity index (χ2n) is 14.2. The summed E-state index contributed by atoms with van der Waals surface area (Å²) in [6.07, 6.45) is 1.33. The number of methoxy groups -OCH3 is 1. The predicted octanol–water partition coefficient (Wildman–Crippen LogP) is 4.36. The Morgan fingerprint density at radius 2 is 1.71 bits per heavy atom. The topological polar surface area (TPSA) is 115 Å². The van der Waals surface area contributed by atoms with Crippen molar-refractivity contribution in [2.24, 2.45) is 5.92 Å². The number of rotatable bonds is 8. The summed E-state index contributed by atoms with van der Waals surface area (Å²) in [5, 5.41) is 13.3. The average Bonchev–Trinajstić information content (AvgIpc) is 3.63. The molecule has 7 rings (SSSR count). The van der Waals surface area contributed by atoms with Crippen LogP contribution in [0, 0.1) is 5.92 Å². The Kier molecular flexibility index (Phi) is 8.40. The maximum absolute atomic E-state index is 14.8. The molecule has 4 aliphatic rings. The fraction of sp³-hybridized carbons (Fsp3) is 0.459. The number of aliphatic hydroxyl groups excluding tert-OH is 1. The zero-order valence-electron chi connectivity index (χ0n) is 28.2. The molecule has 3 saturated heterocycles. The molecule has 0 aliphatic carbocycles. The SMILES string of the molecule is COc1ccc2c(c1)[C@]1(O[C@@H](CCO)[C@H]([Si](C)(C)O)[C@H]1C)C(=O)N2Cc1cccc(N2CN(c3ccccc3)C3(CCNCC3)C2=O)c1. The van der Waals surface area contributed by atoms with Crippen molar-refractivity contribution in [3.8, 4) is 5.75 Å². The van der Waals surface area contributed by atoms with E-state index in [9.17, 15) is 19.5 Å². The van der Waals surface area contributed by atoms with E-state index in [1.54, 1.807) is 12.0 Å². The van der Waals surface area contributed by atoms with E-state index in [0.717, 1.165) is 54.1 Å². The van der Waals surface area contributed by atoms with Crippen LogP contribution in [0.4, 0.5) is 17.1 Å². The molecule has 254 valence electrons. The van der Waals surface area contributed by atoms with Crippen molar-refractivity contribution < 1.29 is 29.0 Å². The van der Waals surface area contributed by atoms with Crippen molar-refractivity contribution in [3.05, 3.63) is 83.9 Å². The van der Waals surface area contributed by atoms with Crippen LogP contribution in [0.3, 0.4) is 0 Å². The van der Waals surface area contributed by atoms with Gasteiger partial charge < -0.3 is 34.5 Å². The van der Waals surface area contributed by atoms with Gasteiger partial charge in [0.05, 0.1) is 32.1 Å². The van der Waals surface area contributed by atoms with Crippen molar-refractivity contribution in [3.63, 3.8) is 0 Å². The number of hydrogen-bond donors (Lipinski definition) is 3. The number of hydrogen-bond acceptors (Lipinski definition) is 8. The molecule has 3 fully saturated rings. The number of benzene rings is 3. The summed E-state index contributed by atoms with van der Waals surface area (Å²) in [6, 6.07) is 23.7. The van der Waals surface area contributed by atoms with Gasteiger partial charge in [0.2, 0.25) is 0 Å². The summed E-state index contributed by atoms with van der Waals surface area (Å²) < 4.78 is 12.3. The van der Waals surface area contributed by atoms with E-state index in [4.69, 9.17) is 9.47 Å². The Hall–Kier alpha value is -3.74. The van der Waals surface area contributed by atoms with Gasteiger partial charge in [0.1, 0.15) is 11.3 Å². The van der Waals surface area contributed by atoms with Crippen LogP contribution in [0.1, 0.15) is 37.3 Å². The first-order valence-electron chi connectivity index (χ1n) is 17.0. The minimum atomic E-state index is -2.81. The van der Waals surface area contributed by atoms with Crippen LogP contribution in [0.5, 0.6) is 5.75 Å². The van der Waals surface area contributed by atoms with Gasteiger partial charge in [-0.3, -0.25) is 14.5 Å². The van der Waals surface area contributed by atoms with E-state index in [1.165, 1.54) is 0 Å². The van der Waals surface area contributed by atoms with E-state index in [-0.39, 0.29) is 36.4 Å². The molecule has 2 spiro atoms. The van der Waals surface area contributed by atoms with Crippen LogP contribution in [0.2, 0.25) is 18.6 Å². The molecular weight excluding hydrogens is 625 g/mol. The van der Waals surface area contributed by atoms with E-state index < -0.39 is 25.6 Å². The smallest absolute Gasteiger partial charge is 0.264 e. The van der Waals surface area contributed by atoms with Crippen LogP contribution in [0.15, 0.2) is 72.8 Å². The zero-order chi connectivity index (χ0) is 33.8. The molecule has 4 heterocycles. The molecule has 4 atom stereocenters. The molecule has 48 heavy (non-hydrogen) atoms. The third-order valence-electron chi connectivity index (χ3n) is 11.1. The Bertz CT molecular complexity index is 1690. The normalized spacial score (nSPS) is 26.6. The average molecular weight is 671 g/mol. The summed E-state index contributed by atoms with van der Waals surface area (Å²) in [5.41, 5.74) is 1.99. The first kappa shape index (κ1) is 32.8. The number of nitrogens with one attached hydrogen (secondary N) is 1. The van der Waals surface area contributed by atoms with Gasteiger partial charge in [-0.25, -0.2) is 0 Å². The number of fused-ring (bicyclic) bond motifs is 2. The Morgan fingerprint density at radius 1 is 0.979 bits per heavy atom. The maximum Gasteiger partial charge on any atom is 0.264 e. The lowest BCUT2D eigenvalue weighted by atomic mass is 9.82. The highest BCUT2D eigenvalue weighted by Gasteiger charge is 2.66. The fourth-order valence-corrected chi connectivity index (χ4v) is 11.5. The van der Waals surface area contributed by atoms with Gasteiger partial charge in [-0.2, -0.15) is 0 Å². The fourth-order valence-electron chi connectivity index (χ4n) is 8.91. The molecule has 11 heteroatoms. The van der Waals surface area contributed by atoms with Crippen molar-refractivity contribution in [2.75, 3.05) is 48.2 Å². The molecule has 0 radical (unpaired) electrons. The monoisotopic (exact) mass is 670 g/mol. The van der Waals surface area contributed by atoms with Crippen LogP contribution in [-0.2, 0) is 26.5 Å². The summed E-state index contributed by atoms with van der Waals surface area (Å²) in [6.45, 7) is 7.93. The van der Waals surface area contributed by atoms with Gasteiger partial charge in [0.15, 0.2) is 13.9 Å². The standard InChI is InChI=1S/C37H46N4O6Si/c1-25-33(48(3,4)45)32(15-20-42)47-37(25)30-22-29(46-2)13-14-31(30)39(35(37)44)23-26-9-8-12-28(21-26)40-24-41(27-10-6-5-7-11-27)36(34(40)43)16-18-38-19-17-36/h5-14,21-22,25,32-33,38,42,45H,15-20,23-24H2,1-4H3/t25-,32+,33-,37+/m1/s1. The summed E-state index contributed by atoms with van der Waals surface area (Å²) in [7, 11) is -1.21. The van der Waals surface area contributed by atoms with Crippen LogP contribution < -0.4 is 24.8 Å². The molecule has 3 N–H and O–H groups in total. The van der Waals surface area contributed by atoms with E-state index in [1.807, 2.05) is 85.6 Å². The second kappa shape index (κ2) is 12.3. The van der Waals surface area contributed by atoms with Crippen molar-refractivity contribution in [1.29, 1.82) is 0 Å². The molecule has 0 aromatic heterocycles. The number of carbonyl (C=O) groups excluding carboxylic acids is 2. The number of anilines is 3. The van der Waals surface area contributed by atoms with Gasteiger partial charge in [-0.05, 0) is 93.5 Å². The number of para-hydroxylation sites is 1. The lowest BCUT2D eigenvalue weighted by molar-refractivity contribution is -0.146. The summed E-state index contributed by atoms with van der Waals surface area (Å²) in [4.78, 5) is 46.4. The van der Waals surface area contributed by atoms with Crippen molar-refractivity contribution in [1.82, 2.24) is 5.32 Å². The molecule has 0 unspecified atom stereocenters.